The maximum atomic E-state index is 6.16. The van der Waals surface area contributed by atoms with Crippen molar-refractivity contribution in [2.45, 2.75) is 18.2 Å². The molecule has 0 amide bonds. The first-order valence-corrected chi connectivity index (χ1v) is 6.00. The van der Waals surface area contributed by atoms with Gasteiger partial charge in [-0.05, 0) is 35.5 Å². The molecule has 0 spiro atoms. The van der Waals surface area contributed by atoms with E-state index in [4.69, 9.17) is 15.7 Å². The Bertz CT molecular complexity index is 615. The van der Waals surface area contributed by atoms with Crippen LogP contribution in [0.4, 0.5) is 0 Å². The van der Waals surface area contributed by atoms with Crippen molar-refractivity contribution in [2.75, 3.05) is 6.54 Å². The lowest BCUT2D eigenvalue weighted by Gasteiger charge is -2.33. The smallest absolute Gasteiger partial charge is 0.137 e. The molecule has 5 heteroatoms. The zero-order valence-electron chi connectivity index (χ0n) is 10.3. The van der Waals surface area contributed by atoms with Gasteiger partial charge in [0.05, 0.1) is 15.7 Å². The average molecular weight is 233 g/mol. The molecule has 0 bridgehead atoms. The van der Waals surface area contributed by atoms with Gasteiger partial charge in [0.25, 0.3) is 0 Å². The van der Waals surface area contributed by atoms with Crippen molar-refractivity contribution in [1.82, 2.24) is 15.3 Å². The molecular weight excluding hydrogens is 220 g/mol. The Balaban J connectivity index is 2.16. The Hall–Kier alpha value is -1.48. The molecule has 3 rings (SSSR count). The first-order chi connectivity index (χ1) is 8.57. The van der Waals surface area contributed by atoms with Crippen molar-refractivity contribution >= 4 is 32.3 Å². The van der Waals surface area contributed by atoms with Crippen LogP contribution in [0.25, 0.3) is 16.6 Å². The summed E-state index contributed by atoms with van der Waals surface area (Å²) in [5.41, 5.74) is 2.95. The number of pyridine rings is 1. The molecule has 0 saturated carbocycles. The van der Waals surface area contributed by atoms with E-state index in [1.165, 1.54) is 0 Å². The molecule has 3 nitrogen and oxygen atoms in total. The highest BCUT2D eigenvalue weighted by atomic mass is 14.9. The molecule has 0 fully saturated rings. The molecule has 3 heterocycles. The number of H-pyrrole nitrogens is 1. The summed E-state index contributed by atoms with van der Waals surface area (Å²) in [5, 5.41) is 3.92. The van der Waals surface area contributed by atoms with Crippen LogP contribution in [-0.2, 0) is 0 Å². The minimum Gasteiger partial charge on any atom is -0.346 e. The largest absolute Gasteiger partial charge is 0.346 e. The molecule has 2 N–H and O–H groups in total. The number of aromatic nitrogens is 2. The van der Waals surface area contributed by atoms with E-state index < -0.39 is 0 Å². The number of hydrogen-bond acceptors (Lipinski definition) is 2. The van der Waals surface area contributed by atoms with Crippen molar-refractivity contribution in [3.05, 3.63) is 36.2 Å². The van der Waals surface area contributed by atoms with Crippen LogP contribution in [0.2, 0.25) is 5.31 Å². The van der Waals surface area contributed by atoms with Gasteiger partial charge in [-0.15, -0.1) is 0 Å². The maximum absolute atomic E-state index is 6.16. The standard InChI is InChI=1S/C13H13B2N3/c1-13(15)5-9(11(14)18-7-13)10-6-17-12-8(10)3-2-4-16-12/h2-6,11,18H,7H2,1H3,(H,16,17). The van der Waals surface area contributed by atoms with E-state index in [9.17, 15) is 0 Å². The SMILES string of the molecule is [B]C1NCC([B])(C)C=C1c1c[nH]c2ncccc12. The van der Waals surface area contributed by atoms with Gasteiger partial charge in [-0.2, -0.15) is 0 Å². The van der Waals surface area contributed by atoms with Crippen molar-refractivity contribution in [3.63, 3.8) is 0 Å². The Morgan fingerprint density at radius 2 is 2.33 bits per heavy atom. The van der Waals surface area contributed by atoms with Crippen LogP contribution in [0, 0.1) is 0 Å². The quantitative estimate of drug-likeness (QED) is 0.730. The summed E-state index contributed by atoms with van der Waals surface area (Å²) >= 11 is 0. The van der Waals surface area contributed by atoms with E-state index in [0.29, 0.717) is 6.54 Å². The molecule has 86 valence electrons. The summed E-state index contributed by atoms with van der Waals surface area (Å²) < 4.78 is 0. The Morgan fingerprint density at radius 1 is 1.50 bits per heavy atom. The van der Waals surface area contributed by atoms with Gasteiger partial charge in [-0.1, -0.05) is 13.0 Å². The number of nitrogens with one attached hydrogen (secondary N) is 2. The van der Waals surface area contributed by atoms with Crippen LogP contribution in [-0.4, -0.2) is 38.1 Å². The first kappa shape index (κ1) is 11.6. The third kappa shape index (κ3) is 1.89. The summed E-state index contributed by atoms with van der Waals surface area (Å²) in [5.74, 6) is -0.194. The molecule has 2 unspecified atom stereocenters. The lowest BCUT2D eigenvalue weighted by molar-refractivity contribution is 0.603. The number of rotatable bonds is 1. The lowest BCUT2D eigenvalue weighted by atomic mass is 9.64. The molecule has 1 aliphatic rings. The molecule has 2 aromatic heterocycles. The molecule has 4 radical (unpaired) electrons. The minimum absolute atomic E-state index is 0.194. The Morgan fingerprint density at radius 3 is 3.17 bits per heavy atom. The van der Waals surface area contributed by atoms with Crippen LogP contribution in [0.5, 0.6) is 0 Å². The third-order valence-electron chi connectivity index (χ3n) is 3.29. The van der Waals surface area contributed by atoms with E-state index in [2.05, 4.69) is 15.3 Å². The van der Waals surface area contributed by atoms with Crippen LogP contribution in [0.1, 0.15) is 12.5 Å². The summed E-state index contributed by atoms with van der Waals surface area (Å²) in [6, 6.07) is 3.95. The molecule has 0 aromatic carbocycles. The average Bonchev–Trinajstić information content (AvgIpc) is 2.76. The fraction of sp³-hybridized carbons (Fsp3) is 0.308. The normalized spacial score (nSPS) is 28.3. The number of nitrogens with zero attached hydrogens (tertiary/aromatic N) is 1. The zero-order chi connectivity index (χ0) is 12.8. The molecule has 2 aromatic rings. The molecule has 1 aliphatic heterocycles. The summed E-state index contributed by atoms with van der Waals surface area (Å²) in [4.78, 5) is 7.44. The first-order valence-electron chi connectivity index (χ1n) is 6.00. The number of aromatic amines is 1. The van der Waals surface area contributed by atoms with Gasteiger partial charge in [0.1, 0.15) is 5.65 Å². The minimum atomic E-state index is -0.378. The fourth-order valence-corrected chi connectivity index (χ4v) is 2.38. The molecule has 0 aliphatic carbocycles. The Kier molecular flexibility index (Phi) is 2.59. The van der Waals surface area contributed by atoms with Gasteiger partial charge in [-0.3, -0.25) is 0 Å². The maximum Gasteiger partial charge on any atom is 0.137 e. The number of fused-ring (bicyclic) bond motifs is 1. The van der Waals surface area contributed by atoms with Crippen molar-refractivity contribution in [3.8, 4) is 0 Å². The lowest BCUT2D eigenvalue weighted by Crippen LogP contribution is -2.40. The molecular formula is C13H13B2N3. The fourth-order valence-electron chi connectivity index (χ4n) is 2.38. The topological polar surface area (TPSA) is 40.7 Å². The highest BCUT2D eigenvalue weighted by molar-refractivity contribution is 6.23. The van der Waals surface area contributed by atoms with Crippen LogP contribution < -0.4 is 5.32 Å². The van der Waals surface area contributed by atoms with Gasteiger partial charge >= 0.3 is 0 Å². The Labute approximate surface area is 109 Å². The van der Waals surface area contributed by atoms with Crippen LogP contribution in [0.3, 0.4) is 0 Å². The predicted octanol–water partition coefficient (Wildman–Crippen LogP) is 1.39. The molecule has 18 heavy (non-hydrogen) atoms. The monoisotopic (exact) mass is 233 g/mol. The summed E-state index contributed by atoms with van der Waals surface area (Å²) in [6.07, 6.45) is 5.75. The van der Waals surface area contributed by atoms with Gasteiger partial charge in [-0.25, -0.2) is 4.98 Å². The molecule has 0 saturated heterocycles. The second-order valence-corrected chi connectivity index (χ2v) is 5.07. The van der Waals surface area contributed by atoms with Crippen molar-refractivity contribution in [1.29, 1.82) is 0 Å². The third-order valence-corrected chi connectivity index (χ3v) is 3.29. The highest BCUT2D eigenvalue weighted by Crippen LogP contribution is 2.34. The highest BCUT2D eigenvalue weighted by Gasteiger charge is 2.25. The van der Waals surface area contributed by atoms with Gasteiger partial charge in [0, 0.05) is 23.3 Å². The second-order valence-electron chi connectivity index (χ2n) is 5.07. The van der Waals surface area contributed by atoms with E-state index in [-0.39, 0.29) is 11.3 Å². The predicted molar refractivity (Wildman–Crippen MR) is 75.7 cm³/mol. The number of hydrogen-bond donors (Lipinski definition) is 2. The van der Waals surface area contributed by atoms with E-state index in [0.717, 1.165) is 22.2 Å². The van der Waals surface area contributed by atoms with Crippen molar-refractivity contribution in [2.24, 2.45) is 0 Å². The second kappa shape index (κ2) is 4.02. The summed E-state index contributed by atoms with van der Waals surface area (Å²) in [7, 11) is 12.3. The van der Waals surface area contributed by atoms with Gasteiger partial charge in [0.2, 0.25) is 0 Å². The van der Waals surface area contributed by atoms with Gasteiger partial charge < -0.3 is 10.3 Å². The molecule has 2 atom stereocenters. The van der Waals surface area contributed by atoms with Crippen molar-refractivity contribution < 1.29 is 0 Å². The van der Waals surface area contributed by atoms with Crippen LogP contribution >= 0.6 is 0 Å². The van der Waals surface area contributed by atoms with E-state index in [1.54, 1.807) is 6.20 Å². The zero-order valence-corrected chi connectivity index (χ0v) is 10.3. The van der Waals surface area contributed by atoms with E-state index >= 15 is 0 Å². The van der Waals surface area contributed by atoms with E-state index in [1.807, 2.05) is 31.3 Å². The summed E-state index contributed by atoms with van der Waals surface area (Å²) in [6.45, 7) is 2.66. The van der Waals surface area contributed by atoms with Gasteiger partial charge in [0.15, 0.2) is 0 Å². The van der Waals surface area contributed by atoms with Crippen LogP contribution in [0.15, 0.2) is 30.6 Å².